The summed E-state index contributed by atoms with van der Waals surface area (Å²) >= 11 is 0. The largest absolute Gasteiger partial charge is 0.506 e. The molecule has 16 heavy (non-hydrogen) atoms. The first kappa shape index (κ1) is 9.63. The minimum absolute atomic E-state index is 0.386. The van der Waals surface area contributed by atoms with Gasteiger partial charge in [0.05, 0.1) is 17.1 Å². The first-order valence-electron chi connectivity index (χ1n) is 5.94. The molecule has 0 aliphatic carbocycles. The van der Waals surface area contributed by atoms with Crippen molar-refractivity contribution in [1.29, 1.82) is 0 Å². The van der Waals surface area contributed by atoms with Crippen LogP contribution in [0.2, 0.25) is 0 Å². The summed E-state index contributed by atoms with van der Waals surface area (Å²) in [7, 11) is 0. The fourth-order valence-electron chi connectivity index (χ4n) is 2.47. The predicted octanol–water partition coefficient (Wildman–Crippen LogP) is 1.83. The molecule has 2 heterocycles. The zero-order valence-corrected chi connectivity index (χ0v) is 9.29. The van der Waals surface area contributed by atoms with E-state index < -0.39 is 0 Å². The summed E-state index contributed by atoms with van der Waals surface area (Å²) in [4.78, 5) is 2.26. The SMILES string of the molecule is Oc1cc2c(cc1N1CCCC1)NCCN2. The monoisotopic (exact) mass is 219 g/mol. The molecule has 4 nitrogen and oxygen atoms in total. The highest BCUT2D eigenvalue weighted by Crippen LogP contribution is 2.38. The quantitative estimate of drug-likeness (QED) is 0.631. The van der Waals surface area contributed by atoms with Crippen molar-refractivity contribution in [3.8, 4) is 5.75 Å². The Balaban J connectivity index is 1.98. The highest BCUT2D eigenvalue weighted by Gasteiger charge is 2.19. The fraction of sp³-hybridized carbons (Fsp3) is 0.500. The fourth-order valence-corrected chi connectivity index (χ4v) is 2.47. The van der Waals surface area contributed by atoms with Crippen LogP contribution in [-0.2, 0) is 0 Å². The van der Waals surface area contributed by atoms with Gasteiger partial charge in [-0.25, -0.2) is 0 Å². The molecule has 0 radical (unpaired) electrons. The van der Waals surface area contributed by atoms with Crippen molar-refractivity contribution in [2.24, 2.45) is 0 Å². The molecule has 0 saturated carbocycles. The molecule has 0 amide bonds. The lowest BCUT2D eigenvalue weighted by Gasteiger charge is -2.25. The van der Waals surface area contributed by atoms with Crippen molar-refractivity contribution in [2.75, 3.05) is 41.7 Å². The van der Waals surface area contributed by atoms with Gasteiger partial charge < -0.3 is 20.6 Å². The van der Waals surface area contributed by atoms with Crippen LogP contribution < -0.4 is 15.5 Å². The lowest BCUT2D eigenvalue weighted by molar-refractivity contribution is 0.475. The van der Waals surface area contributed by atoms with Gasteiger partial charge in [0.25, 0.3) is 0 Å². The predicted molar refractivity (Wildman–Crippen MR) is 66.5 cm³/mol. The molecule has 1 aromatic carbocycles. The van der Waals surface area contributed by atoms with Crippen LogP contribution in [0.15, 0.2) is 12.1 Å². The molecule has 3 N–H and O–H groups in total. The third kappa shape index (κ3) is 1.54. The minimum atomic E-state index is 0.386. The Morgan fingerprint density at radius 1 is 1.00 bits per heavy atom. The Bertz CT molecular complexity index is 399. The third-order valence-electron chi connectivity index (χ3n) is 3.32. The van der Waals surface area contributed by atoms with Gasteiger partial charge >= 0.3 is 0 Å². The molecular formula is C12H17N3O. The van der Waals surface area contributed by atoms with E-state index in [1.54, 1.807) is 0 Å². The average molecular weight is 219 g/mol. The molecule has 1 fully saturated rings. The average Bonchev–Trinajstić information content (AvgIpc) is 2.81. The molecule has 0 aromatic heterocycles. The Morgan fingerprint density at radius 3 is 2.31 bits per heavy atom. The van der Waals surface area contributed by atoms with Crippen LogP contribution >= 0.6 is 0 Å². The molecule has 3 rings (SSSR count). The maximum atomic E-state index is 10.0. The first-order chi connectivity index (χ1) is 7.84. The van der Waals surface area contributed by atoms with Crippen molar-refractivity contribution in [3.63, 3.8) is 0 Å². The Labute approximate surface area is 95.3 Å². The summed E-state index contributed by atoms with van der Waals surface area (Å²) in [6.45, 7) is 3.96. The number of rotatable bonds is 1. The zero-order chi connectivity index (χ0) is 11.0. The number of anilines is 3. The molecule has 4 heteroatoms. The Morgan fingerprint density at radius 2 is 1.62 bits per heavy atom. The van der Waals surface area contributed by atoms with E-state index in [0.717, 1.165) is 43.2 Å². The van der Waals surface area contributed by atoms with Gasteiger partial charge in [0.1, 0.15) is 5.75 Å². The van der Waals surface area contributed by atoms with E-state index >= 15 is 0 Å². The lowest BCUT2D eigenvalue weighted by atomic mass is 10.1. The van der Waals surface area contributed by atoms with Crippen LogP contribution in [-0.4, -0.2) is 31.3 Å². The highest BCUT2D eigenvalue weighted by molar-refractivity contribution is 5.80. The molecule has 2 aliphatic heterocycles. The molecule has 0 spiro atoms. The van der Waals surface area contributed by atoms with E-state index in [1.165, 1.54) is 12.8 Å². The van der Waals surface area contributed by atoms with Crippen molar-refractivity contribution in [1.82, 2.24) is 0 Å². The lowest BCUT2D eigenvalue weighted by Crippen LogP contribution is -2.22. The van der Waals surface area contributed by atoms with Crippen molar-refractivity contribution >= 4 is 17.1 Å². The van der Waals surface area contributed by atoms with Gasteiger partial charge in [-0.2, -0.15) is 0 Å². The maximum absolute atomic E-state index is 10.0. The van der Waals surface area contributed by atoms with E-state index in [4.69, 9.17) is 0 Å². The molecule has 2 aliphatic rings. The van der Waals surface area contributed by atoms with E-state index in [1.807, 2.05) is 6.07 Å². The Kier molecular flexibility index (Phi) is 2.27. The first-order valence-corrected chi connectivity index (χ1v) is 5.94. The number of phenolic OH excluding ortho intramolecular Hbond substituents is 1. The van der Waals surface area contributed by atoms with Gasteiger partial charge in [0.2, 0.25) is 0 Å². The zero-order valence-electron chi connectivity index (χ0n) is 9.29. The summed E-state index contributed by atoms with van der Waals surface area (Å²) in [5, 5.41) is 16.7. The van der Waals surface area contributed by atoms with Crippen LogP contribution in [0.4, 0.5) is 17.1 Å². The van der Waals surface area contributed by atoms with Gasteiger partial charge in [0, 0.05) is 32.2 Å². The number of hydrogen-bond donors (Lipinski definition) is 3. The van der Waals surface area contributed by atoms with Crippen LogP contribution in [0.25, 0.3) is 0 Å². The second-order valence-electron chi connectivity index (χ2n) is 4.43. The van der Waals surface area contributed by atoms with Crippen molar-refractivity contribution in [2.45, 2.75) is 12.8 Å². The molecular weight excluding hydrogens is 202 g/mol. The standard InChI is InChI=1S/C12H17N3O/c16-12-8-10-9(13-3-4-14-10)7-11(12)15-5-1-2-6-15/h7-8,13-14,16H,1-6H2. The molecule has 86 valence electrons. The third-order valence-corrected chi connectivity index (χ3v) is 3.32. The highest BCUT2D eigenvalue weighted by atomic mass is 16.3. The van der Waals surface area contributed by atoms with Crippen LogP contribution in [0, 0.1) is 0 Å². The normalized spacial score (nSPS) is 18.9. The van der Waals surface area contributed by atoms with Gasteiger partial charge in [-0.3, -0.25) is 0 Å². The molecule has 1 aromatic rings. The van der Waals surface area contributed by atoms with E-state index in [9.17, 15) is 5.11 Å². The topological polar surface area (TPSA) is 47.5 Å². The second kappa shape index (κ2) is 3.77. The number of phenols is 1. The number of nitrogens with one attached hydrogen (secondary N) is 2. The summed E-state index contributed by atoms with van der Waals surface area (Å²) < 4.78 is 0. The molecule has 0 atom stereocenters. The maximum Gasteiger partial charge on any atom is 0.141 e. The number of aromatic hydroxyl groups is 1. The smallest absolute Gasteiger partial charge is 0.141 e. The number of nitrogens with zero attached hydrogens (tertiary/aromatic N) is 1. The Hall–Kier alpha value is -1.58. The number of fused-ring (bicyclic) bond motifs is 1. The molecule has 0 bridgehead atoms. The van der Waals surface area contributed by atoms with E-state index in [2.05, 4.69) is 21.6 Å². The van der Waals surface area contributed by atoms with E-state index in [-0.39, 0.29) is 0 Å². The van der Waals surface area contributed by atoms with Gasteiger partial charge in [0.15, 0.2) is 0 Å². The summed E-state index contributed by atoms with van der Waals surface area (Å²) in [5.74, 6) is 0.386. The second-order valence-corrected chi connectivity index (χ2v) is 4.43. The summed E-state index contributed by atoms with van der Waals surface area (Å²) in [5.41, 5.74) is 3.07. The van der Waals surface area contributed by atoms with Crippen LogP contribution in [0.3, 0.4) is 0 Å². The van der Waals surface area contributed by atoms with Crippen LogP contribution in [0.1, 0.15) is 12.8 Å². The van der Waals surface area contributed by atoms with E-state index in [0.29, 0.717) is 5.75 Å². The summed E-state index contributed by atoms with van der Waals surface area (Å²) in [6, 6.07) is 3.89. The number of hydrogen-bond acceptors (Lipinski definition) is 4. The van der Waals surface area contributed by atoms with Crippen molar-refractivity contribution in [3.05, 3.63) is 12.1 Å². The summed E-state index contributed by atoms with van der Waals surface area (Å²) in [6.07, 6.45) is 2.45. The van der Waals surface area contributed by atoms with Crippen LogP contribution in [0.5, 0.6) is 5.75 Å². The van der Waals surface area contributed by atoms with Gasteiger partial charge in [-0.1, -0.05) is 0 Å². The molecule has 1 saturated heterocycles. The van der Waals surface area contributed by atoms with Crippen molar-refractivity contribution < 1.29 is 5.11 Å². The van der Waals surface area contributed by atoms with Gasteiger partial charge in [-0.15, -0.1) is 0 Å². The number of benzene rings is 1. The van der Waals surface area contributed by atoms with Gasteiger partial charge in [-0.05, 0) is 18.9 Å². The minimum Gasteiger partial charge on any atom is -0.506 e. The molecule has 0 unspecified atom stereocenters.